The number of fused-ring (bicyclic) bond motifs is 1. The van der Waals surface area contributed by atoms with E-state index in [1.807, 2.05) is 32.0 Å². The van der Waals surface area contributed by atoms with E-state index in [1.165, 1.54) is 5.56 Å². The second kappa shape index (κ2) is 6.87. The fourth-order valence-electron chi connectivity index (χ4n) is 3.23. The van der Waals surface area contributed by atoms with Gasteiger partial charge in [-0.3, -0.25) is 0 Å². The number of aryl methyl sites for hydroxylation is 1. The van der Waals surface area contributed by atoms with Crippen molar-refractivity contribution in [1.82, 2.24) is 0 Å². The van der Waals surface area contributed by atoms with Crippen molar-refractivity contribution in [3.63, 3.8) is 0 Å². The number of hydrogen-bond donors (Lipinski definition) is 1. The van der Waals surface area contributed by atoms with E-state index >= 15 is 0 Å². The van der Waals surface area contributed by atoms with Crippen molar-refractivity contribution in [2.24, 2.45) is 0 Å². The zero-order valence-electron chi connectivity index (χ0n) is 14.0. The summed E-state index contributed by atoms with van der Waals surface area (Å²) in [5, 5.41) is 9.89. The lowest BCUT2D eigenvalue weighted by molar-refractivity contribution is -0.242. The van der Waals surface area contributed by atoms with E-state index in [2.05, 4.69) is 12.1 Å². The van der Waals surface area contributed by atoms with Gasteiger partial charge in [0.25, 0.3) is 0 Å². The van der Waals surface area contributed by atoms with Crippen LogP contribution in [-0.4, -0.2) is 48.2 Å². The van der Waals surface area contributed by atoms with Gasteiger partial charge in [-0.1, -0.05) is 30.3 Å². The molecule has 1 aromatic carbocycles. The summed E-state index contributed by atoms with van der Waals surface area (Å²) in [5.74, 6) is -0.669. The fraction of sp³-hybridized carbons (Fsp3) is 0.667. The molecule has 0 amide bonds. The van der Waals surface area contributed by atoms with Gasteiger partial charge in [0, 0.05) is 0 Å². The summed E-state index contributed by atoms with van der Waals surface area (Å²) in [6.07, 6.45) is -0.240. The Morgan fingerprint density at radius 3 is 2.57 bits per heavy atom. The van der Waals surface area contributed by atoms with Crippen molar-refractivity contribution in [2.75, 3.05) is 6.61 Å². The smallest absolute Gasteiger partial charge is 0.187 e. The van der Waals surface area contributed by atoms with Crippen molar-refractivity contribution in [3.05, 3.63) is 35.9 Å². The highest BCUT2D eigenvalue weighted by Crippen LogP contribution is 2.40. The van der Waals surface area contributed by atoms with Gasteiger partial charge in [-0.25, -0.2) is 0 Å². The molecule has 5 atom stereocenters. The predicted molar refractivity (Wildman–Crippen MR) is 84.9 cm³/mol. The molecule has 5 nitrogen and oxygen atoms in total. The van der Waals surface area contributed by atoms with E-state index in [4.69, 9.17) is 18.9 Å². The van der Waals surface area contributed by atoms with E-state index in [9.17, 15) is 5.11 Å². The van der Waals surface area contributed by atoms with Gasteiger partial charge in [-0.15, -0.1) is 0 Å². The lowest BCUT2D eigenvalue weighted by atomic mass is 10.1. The van der Waals surface area contributed by atoms with E-state index in [0.29, 0.717) is 6.61 Å². The van der Waals surface area contributed by atoms with Crippen LogP contribution in [0.4, 0.5) is 0 Å². The molecule has 2 fully saturated rings. The summed E-state index contributed by atoms with van der Waals surface area (Å²) in [5.41, 5.74) is 1.30. The van der Waals surface area contributed by atoms with Crippen LogP contribution < -0.4 is 0 Å². The number of aliphatic hydroxyl groups is 1. The van der Waals surface area contributed by atoms with Gasteiger partial charge in [0.15, 0.2) is 12.1 Å². The van der Waals surface area contributed by atoms with Crippen LogP contribution in [-0.2, 0) is 25.4 Å². The quantitative estimate of drug-likeness (QED) is 0.814. The minimum Gasteiger partial charge on any atom is -0.391 e. The van der Waals surface area contributed by atoms with Crippen LogP contribution in [0.3, 0.4) is 0 Å². The molecule has 0 aromatic heterocycles. The first-order chi connectivity index (χ1) is 11.0. The maximum Gasteiger partial charge on any atom is 0.187 e. The molecule has 23 heavy (non-hydrogen) atoms. The first-order valence-electron chi connectivity index (χ1n) is 8.31. The summed E-state index contributed by atoms with van der Waals surface area (Å²) < 4.78 is 23.5. The summed E-state index contributed by atoms with van der Waals surface area (Å²) in [7, 11) is 0. The summed E-state index contributed by atoms with van der Waals surface area (Å²) in [6, 6.07) is 10.3. The SMILES string of the molecule is C[C@@H](O)[C@H]1O[C@H](OCCCc2ccccc2)[C@H]2OC(C)(C)O[C@H]21. The predicted octanol–water partition coefficient (Wildman–Crippen LogP) is 2.26. The molecule has 0 bridgehead atoms. The van der Waals surface area contributed by atoms with Crippen LogP contribution in [0.1, 0.15) is 32.8 Å². The second-order valence-electron chi connectivity index (χ2n) is 6.73. The molecule has 2 heterocycles. The second-order valence-corrected chi connectivity index (χ2v) is 6.73. The Morgan fingerprint density at radius 2 is 1.87 bits per heavy atom. The van der Waals surface area contributed by atoms with Gasteiger partial charge in [0.05, 0.1) is 12.7 Å². The molecule has 1 aromatic rings. The topological polar surface area (TPSA) is 57.2 Å². The van der Waals surface area contributed by atoms with Crippen molar-refractivity contribution in [1.29, 1.82) is 0 Å². The van der Waals surface area contributed by atoms with Crippen LogP contribution in [0, 0.1) is 0 Å². The van der Waals surface area contributed by atoms with Gasteiger partial charge >= 0.3 is 0 Å². The van der Waals surface area contributed by atoms with Gasteiger partial charge in [0.1, 0.15) is 18.3 Å². The minimum atomic E-state index is -0.669. The highest BCUT2D eigenvalue weighted by Gasteiger charge is 2.56. The van der Waals surface area contributed by atoms with Gasteiger partial charge in [0.2, 0.25) is 0 Å². The summed E-state index contributed by atoms with van der Waals surface area (Å²) >= 11 is 0. The molecule has 0 spiro atoms. The Labute approximate surface area is 137 Å². The van der Waals surface area contributed by atoms with Crippen molar-refractivity contribution < 1.29 is 24.1 Å². The summed E-state index contributed by atoms with van der Waals surface area (Å²) in [4.78, 5) is 0. The third-order valence-electron chi connectivity index (χ3n) is 4.26. The maximum absolute atomic E-state index is 9.89. The van der Waals surface area contributed by atoms with Crippen LogP contribution in [0.5, 0.6) is 0 Å². The Bertz CT molecular complexity index is 501. The number of benzene rings is 1. The monoisotopic (exact) mass is 322 g/mol. The average molecular weight is 322 g/mol. The van der Waals surface area contributed by atoms with Crippen LogP contribution in [0.25, 0.3) is 0 Å². The lowest BCUT2D eigenvalue weighted by Crippen LogP contribution is -2.36. The van der Waals surface area contributed by atoms with Crippen LogP contribution in [0.15, 0.2) is 30.3 Å². The van der Waals surface area contributed by atoms with Crippen LogP contribution >= 0.6 is 0 Å². The van der Waals surface area contributed by atoms with E-state index < -0.39 is 24.3 Å². The first-order valence-corrected chi connectivity index (χ1v) is 8.31. The third-order valence-corrected chi connectivity index (χ3v) is 4.26. The molecule has 5 heteroatoms. The Balaban J connectivity index is 1.51. The fourth-order valence-corrected chi connectivity index (χ4v) is 3.23. The molecule has 2 saturated heterocycles. The van der Waals surface area contributed by atoms with E-state index in [0.717, 1.165) is 12.8 Å². The van der Waals surface area contributed by atoms with Gasteiger partial charge in [-0.2, -0.15) is 0 Å². The molecule has 1 N–H and O–H groups in total. The molecule has 0 aliphatic carbocycles. The Kier molecular flexibility index (Phi) is 5.04. The van der Waals surface area contributed by atoms with Gasteiger partial charge < -0.3 is 24.1 Å². The summed E-state index contributed by atoms with van der Waals surface area (Å²) in [6.45, 7) is 6.03. The van der Waals surface area contributed by atoms with E-state index in [1.54, 1.807) is 6.92 Å². The largest absolute Gasteiger partial charge is 0.391 e. The van der Waals surface area contributed by atoms with E-state index in [-0.39, 0.29) is 12.2 Å². The van der Waals surface area contributed by atoms with Crippen LogP contribution in [0.2, 0.25) is 0 Å². The standard InChI is InChI=1S/C18H26O5/c1-12(19)14-15-16(23-18(2,3)22-15)17(21-14)20-11-7-10-13-8-5-4-6-9-13/h4-6,8-9,12,14-17,19H,7,10-11H2,1-3H3/t12-,14-,15+,16+,17+/m1/s1. The Hall–Kier alpha value is -0.980. The van der Waals surface area contributed by atoms with Crippen molar-refractivity contribution in [2.45, 2.75) is 70.1 Å². The zero-order valence-corrected chi connectivity index (χ0v) is 14.0. The number of ether oxygens (including phenoxy) is 4. The van der Waals surface area contributed by atoms with Crippen molar-refractivity contribution in [3.8, 4) is 0 Å². The molecular weight excluding hydrogens is 296 g/mol. The van der Waals surface area contributed by atoms with Gasteiger partial charge in [-0.05, 0) is 39.2 Å². The lowest BCUT2D eigenvalue weighted by Gasteiger charge is -2.25. The minimum absolute atomic E-state index is 0.288. The molecule has 0 saturated carbocycles. The zero-order chi connectivity index (χ0) is 16.4. The Morgan fingerprint density at radius 1 is 1.17 bits per heavy atom. The maximum atomic E-state index is 9.89. The molecule has 0 radical (unpaired) electrons. The highest BCUT2D eigenvalue weighted by molar-refractivity contribution is 5.14. The average Bonchev–Trinajstić information content (AvgIpc) is 2.98. The molecule has 3 rings (SSSR count). The first kappa shape index (κ1) is 16.9. The molecule has 2 aliphatic rings. The third kappa shape index (κ3) is 3.92. The normalized spacial score (nSPS) is 33.6. The number of rotatable bonds is 6. The van der Waals surface area contributed by atoms with Crippen molar-refractivity contribution >= 4 is 0 Å². The molecule has 0 unspecified atom stereocenters. The highest BCUT2D eigenvalue weighted by atomic mass is 16.8. The molecule has 128 valence electrons. The molecular formula is C18H26O5. The number of hydrogen-bond acceptors (Lipinski definition) is 5. The molecule has 2 aliphatic heterocycles. The number of aliphatic hydroxyl groups excluding tert-OH is 1.